The second-order valence-corrected chi connectivity index (χ2v) is 19.5. The molecule has 0 rings (SSSR count). The lowest BCUT2D eigenvalue weighted by Gasteiger charge is -2.18. The van der Waals surface area contributed by atoms with Crippen LogP contribution in [0.4, 0.5) is 0 Å². The zero-order chi connectivity index (χ0) is 48.6. The van der Waals surface area contributed by atoms with Gasteiger partial charge in [-0.25, -0.2) is 0 Å². The van der Waals surface area contributed by atoms with E-state index in [9.17, 15) is 14.4 Å². The SMILES string of the molecule is CC/C=C\C/C=C\C/C=C\CCCCCCCC(=O)OC[C@H](COC(=O)CCCCCCC/C=C\CCCCCCCC)OC(=O)CCCCCCCCCCCCCCCCCCCCC. The van der Waals surface area contributed by atoms with Gasteiger partial charge in [-0.3, -0.25) is 14.4 Å². The highest BCUT2D eigenvalue weighted by atomic mass is 16.6. The summed E-state index contributed by atoms with van der Waals surface area (Å²) in [5.41, 5.74) is 0. The highest BCUT2D eigenvalue weighted by Gasteiger charge is 2.19. The molecule has 1 atom stereocenters. The van der Waals surface area contributed by atoms with Crippen LogP contribution in [-0.4, -0.2) is 37.2 Å². The molecule has 390 valence electrons. The fourth-order valence-electron chi connectivity index (χ4n) is 8.45. The molecule has 0 radical (unpaired) electrons. The third kappa shape index (κ3) is 54.2. The summed E-state index contributed by atoms with van der Waals surface area (Å²) in [6.07, 6.45) is 68.2. The van der Waals surface area contributed by atoms with Gasteiger partial charge in [0.25, 0.3) is 0 Å². The minimum atomic E-state index is -0.781. The van der Waals surface area contributed by atoms with Crippen molar-refractivity contribution >= 4 is 17.9 Å². The van der Waals surface area contributed by atoms with Gasteiger partial charge in [0.1, 0.15) is 13.2 Å². The van der Waals surface area contributed by atoms with Crippen molar-refractivity contribution in [3.05, 3.63) is 48.6 Å². The predicted octanol–water partition coefficient (Wildman–Crippen LogP) is 19.4. The smallest absolute Gasteiger partial charge is 0.306 e. The Balaban J connectivity index is 4.36. The van der Waals surface area contributed by atoms with Crippen LogP contribution in [0.25, 0.3) is 0 Å². The Labute approximate surface area is 416 Å². The van der Waals surface area contributed by atoms with E-state index in [4.69, 9.17) is 14.2 Å². The van der Waals surface area contributed by atoms with E-state index in [2.05, 4.69) is 69.4 Å². The first kappa shape index (κ1) is 64.4. The maximum atomic E-state index is 12.9. The van der Waals surface area contributed by atoms with E-state index in [0.29, 0.717) is 19.3 Å². The molecule has 0 heterocycles. The van der Waals surface area contributed by atoms with E-state index < -0.39 is 6.10 Å². The zero-order valence-electron chi connectivity index (χ0n) is 44.7. The van der Waals surface area contributed by atoms with Gasteiger partial charge in [-0.15, -0.1) is 0 Å². The summed E-state index contributed by atoms with van der Waals surface area (Å²) in [5.74, 6) is -0.889. The maximum Gasteiger partial charge on any atom is 0.306 e. The van der Waals surface area contributed by atoms with E-state index in [0.717, 1.165) is 103 Å². The minimum absolute atomic E-state index is 0.0802. The Morgan fingerprint density at radius 2 is 0.582 bits per heavy atom. The summed E-state index contributed by atoms with van der Waals surface area (Å²) < 4.78 is 16.9. The summed E-state index contributed by atoms with van der Waals surface area (Å²) in [4.78, 5) is 38.2. The van der Waals surface area contributed by atoms with Crippen molar-refractivity contribution in [1.82, 2.24) is 0 Å². The van der Waals surface area contributed by atoms with Crippen molar-refractivity contribution in [3.8, 4) is 0 Å². The highest BCUT2D eigenvalue weighted by molar-refractivity contribution is 5.71. The van der Waals surface area contributed by atoms with Crippen molar-refractivity contribution in [2.24, 2.45) is 0 Å². The molecule has 0 aliphatic carbocycles. The van der Waals surface area contributed by atoms with Crippen LogP contribution in [-0.2, 0) is 28.6 Å². The van der Waals surface area contributed by atoms with Crippen LogP contribution in [0.15, 0.2) is 48.6 Å². The Morgan fingerprint density at radius 3 is 0.925 bits per heavy atom. The minimum Gasteiger partial charge on any atom is -0.462 e. The molecule has 0 aliphatic rings. The summed E-state index contributed by atoms with van der Waals surface area (Å²) in [6, 6.07) is 0. The quantitative estimate of drug-likeness (QED) is 0.0262. The molecule has 0 aromatic heterocycles. The first-order chi connectivity index (χ1) is 33.0. The lowest BCUT2D eigenvalue weighted by Crippen LogP contribution is -2.30. The summed E-state index contributed by atoms with van der Waals surface area (Å²) >= 11 is 0. The van der Waals surface area contributed by atoms with Crippen LogP contribution < -0.4 is 0 Å². The lowest BCUT2D eigenvalue weighted by atomic mass is 10.0. The van der Waals surface area contributed by atoms with E-state index in [1.165, 1.54) is 161 Å². The number of carbonyl (C=O) groups excluding carboxylic acids is 3. The number of allylic oxidation sites excluding steroid dienone is 8. The first-order valence-corrected chi connectivity index (χ1v) is 29.1. The second-order valence-electron chi connectivity index (χ2n) is 19.5. The number of hydrogen-bond acceptors (Lipinski definition) is 6. The van der Waals surface area contributed by atoms with Crippen LogP contribution >= 0.6 is 0 Å². The topological polar surface area (TPSA) is 78.9 Å². The van der Waals surface area contributed by atoms with Crippen LogP contribution in [0, 0.1) is 0 Å². The van der Waals surface area contributed by atoms with Gasteiger partial charge in [0, 0.05) is 19.3 Å². The van der Waals surface area contributed by atoms with E-state index in [-0.39, 0.29) is 31.1 Å². The molecule has 0 aliphatic heterocycles. The van der Waals surface area contributed by atoms with Gasteiger partial charge in [0.15, 0.2) is 6.10 Å². The fraction of sp³-hybridized carbons (Fsp3) is 0.820. The fourth-order valence-corrected chi connectivity index (χ4v) is 8.45. The molecule has 0 unspecified atom stereocenters. The normalized spacial score (nSPS) is 12.3. The van der Waals surface area contributed by atoms with Gasteiger partial charge in [0.05, 0.1) is 0 Å². The standard InChI is InChI=1S/C61H110O6/c1-4-7-10-13-16-19-22-25-28-29-30-31-34-37-40-43-46-49-52-55-61(64)67-58(56-65-59(62)53-50-47-44-41-38-35-32-26-23-20-17-14-11-8-5-2)57-66-60(63)54-51-48-45-42-39-36-33-27-24-21-18-15-12-9-6-3/h8,11,17,20,26-27,32-33,58H,4-7,9-10,12-16,18-19,21-25,28-31,34-57H2,1-3H3/b11-8-,20-17-,32-26-,33-27-/t58-/m1/s1. The van der Waals surface area contributed by atoms with Crippen molar-refractivity contribution < 1.29 is 28.6 Å². The van der Waals surface area contributed by atoms with Crippen LogP contribution in [0.1, 0.15) is 303 Å². The Morgan fingerprint density at radius 1 is 0.313 bits per heavy atom. The van der Waals surface area contributed by atoms with Gasteiger partial charge < -0.3 is 14.2 Å². The molecule has 0 bridgehead atoms. The number of unbranched alkanes of at least 4 members (excludes halogenated alkanes) is 34. The Bertz CT molecular complexity index is 1170. The van der Waals surface area contributed by atoms with E-state index in [1.807, 2.05) is 0 Å². The third-order valence-electron chi connectivity index (χ3n) is 12.8. The first-order valence-electron chi connectivity index (χ1n) is 29.1. The average molecular weight is 940 g/mol. The van der Waals surface area contributed by atoms with Crippen LogP contribution in [0.2, 0.25) is 0 Å². The van der Waals surface area contributed by atoms with E-state index >= 15 is 0 Å². The Kier molecular flexibility index (Phi) is 53.8. The second kappa shape index (κ2) is 56.0. The molecule has 6 nitrogen and oxygen atoms in total. The van der Waals surface area contributed by atoms with Crippen molar-refractivity contribution in [3.63, 3.8) is 0 Å². The molecule has 0 amide bonds. The maximum absolute atomic E-state index is 12.9. The lowest BCUT2D eigenvalue weighted by molar-refractivity contribution is -0.167. The molecule has 0 fully saturated rings. The van der Waals surface area contributed by atoms with E-state index in [1.54, 1.807) is 0 Å². The number of carbonyl (C=O) groups is 3. The monoisotopic (exact) mass is 939 g/mol. The molecule has 0 N–H and O–H groups in total. The van der Waals surface area contributed by atoms with Gasteiger partial charge in [-0.1, -0.05) is 256 Å². The van der Waals surface area contributed by atoms with Crippen molar-refractivity contribution in [2.45, 2.75) is 309 Å². The Hall–Kier alpha value is -2.63. The number of ether oxygens (including phenoxy) is 3. The van der Waals surface area contributed by atoms with Crippen LogP contribution in [0.5, 0.6) is 0 Å². The van der Waals surface area contributed by atoms with Gasteiger partial charge >= 0.3 is 17.9 Å². The molecule has 0 aromatic rings. The van der Waals surface area contributed by atoms with Crippen molar-refractivity contribution in [1.29, 1.82) is 0 Å². The number of hydrogen-bond donors (Lipinski definition) is 0. The zero-order valence-corrected chi connectivity index (χ0v) is 44.7. The van der Waals surface area contributed by atoms with Crippen LogP contribution in [0.3, 0.4) is 0 Å². The highest BCUT2D eigenvalue weighted by Crippen LogP contribution is 2.17. The summed E-state index contributed by atoms with van der Waals surface area (Å²) in [5, 5.41) is 0. The molecule has 67 heavy (non-hydrogen) atoms. The van der Waals surface area contributed by atoms with Crippen molar-refractivity contribution in [2.75, 3.05) is 13.2 Å². The number of rotatable bonds is 53. The summed E-state index contributed by atoms with van der Waals surface area (Å²) in [6.45, 7) is 6.54. The predicted molar refractivity (Wildman–Crippen MR) is 289 cm³/mol. The summed E-state index contributed by atoms with van der Waals surface area (Å²) in [7, 11) is 0. The molecule has 0 aromatic carbocycles. The van der Waals surface area contributed by atoms with Gasteiger partial charge in [0.2, 0.25) is 0 Å². The molecule has 6 heteroatoms. The molecule has 0 saturated carbocycles. The average Bonchev–Trinajstić information content (AvgIpc) is 3.33. The molecular weight excluding hydrogens is 829 g/mol. The van der Waals surface area contributed by atoms with Gasteiger partial charge in [-0.2, -0.15) is 0 Å². The molecular formula is C61H110O6. The van der Waals surface area contributed by atoms with Gasteiger partial charge in [-0.05, 0) is 77.0 Å². The molecule has 0 spiro atoms. The number of esters is 3. The largest absolute Gasteiger partial charge is 0.462 e. The third-order valence-corrected chi connectivity index (χ3v) is 12.8. The molecule has 0 saturated heterocycles.